The van der Waals surface area contributed by atoms with Crippen LogP contribution in [0.2, 0.25) is 0 Å². The molecule has 0 radical (unpaired) electrons. The molecule has 0 aliphatic heterocycles. The first kappa shape index (κ1) is 8.43. The summed E-state index contributed by atoms with van der Waals surface area (Å²) in [6.45, 7) is 2.93. The molecule has 0 unspecified atom stereocenters. The van der Waals surface area contributed by atoms with Crippen LogP contribution in [-0.2, 0) is 9.53 Å². The summed E-state index contributed by atoms with van der Waals surface area (Å²) >= 11 is 0. The maximum atomic E-state index is 10.3. The molecule has 3 nitrogen and oxygen atoms in total. The highest BCUT2D eigenvalue weighted by atomic mass is 16.5. The summed E-state index contributed by atoms with van der Waals surface area (Å²) in [6.07, 6.45) is 0.885. The average molecular weight is 133 g/mol. The Kier molecular flexibility index (Phi) is 5.21. The molecule has 0 aromatic rings. The van der Waals surface area contributed by atoms with Crippen molar-refractivity contribution in [2.75, 3.05) is 20.3 Å². The molecular weight excluding hydrogens is 118 g/mol. The molecule has 56 valence electrons. The Morgan fingerprint density at radius 1 is 1.78 bits per heavy atom. The zero-order chi connectivity index (χ0) is 7.11. The van der Waals surface area contributed by atoms with E-state index in [-0.39, 0.29) is 7.33 Å². The quantitative estimate of drug-likeness (QED) is 0.564. The molecule has 3 heteroatoms. The normalized spacial score (nSPS) is 9.11. The minimum Gasteiger partial charge on any atom is -0.385 e. The van der Waals surface area contributed by atoms with Crippen molar-refractivity contribution in [3.05, 3.63) is 0 Å². The summed E-state index contributed by atoms with van der Waals surface area (Å²) in [5.41, 5.74) is 0. The van der Waals surface area contributed by atoms with Gasteiger partial charge in [0.15, 0.2) is 0 Å². The highest BCUT2D eigenvalue weighted by molar-refractivity contribution is 5.72. The molecular formula is C6H15NO2. The van der Waals surface area contributed by atoms with E-state index in [2.05, 4.69) is 5.32 Å². The van der Waals surface area contributed by atoms with E-state index >= 15 is 0 Å². The van der Waals surface area contributed by atoms with E-state index in [0.717, 1.165) is 6.42 Å². The molecule has 0 spiro atoms. The van der Waals surface area contributed by atoms with E-state index < -0.39 is 0 Å². The van der Waals surface area contributed by atoms with E-state index in [0.29, 0.717) is 13.2 Å². The van der Waals surface area contributed by atoms with Gasteiger partial charge in [-0.1, -0.05) is 0 Å². The van der Waals surface area contributed by atoms with Gasteiger partial charge in [0.2, 0.25) is 5.91 Å². The molecule has 0 saturated carbocycles. The van der Waals surface area contributed by atoms with Crippen LogP contribution in [0.4, 0.5) is 0 Å². The number of hydrogen-bond donors (Lipinski definition) is 1. The lowest BCUT2D eigenvalue weighted by molar-refractivity contribution is -0.118. The van der Waals surface area contributed by atoms with Crippen molar-refractivity contribution < 1.29 is 11.0 Å². The van der Waals surface area contributed by atoms with E-state index in [4.69, 9.17) is 4.74 Å². The fraction of sp³-hybridized carbons (Fsp3) is 0.833. The second-order valence-corrected chi connectivity index (χ2v) is 1.83. The lowest BCUT2D eigenvalue weighted by Gasteiger charge is -1.98. The monoisotopic (exact) mass is 133 g/mol. The first-order valence-corrected chi connectivity index (χ1v) is 3.00. The summed E-state index contributed by atoms with van der Waals surface area (Å²) in [5.74, 6) is 0.0195. The number of hydrogen-bond acceptors (Lipinski definition) is 2. The maximum absolute atomic E-state index is 10.3. The van der Waals surface area contributed by atoms with Crippen molar-refractivity contribution in [2.45, 2.75) is 13.3 Å². The molecule has 9 heavy (non-hydrogen) atoms. The van der Waals surface area contributed by atoms with Gasteiger partial charge in [0.1, 0.15) is 0 Å². The van der Waals surface area contributed by atoms with Crippen LogP contribution in [0.3, 0.4) is 0 Å². The standard InChI is InChI=1S/C6H13NO2.H2/c1-6(8)7-4-3-5-9-2;/h3-5H2,1-2H3,(H,7,8);1H. The van der Waals surface area contributed by atoms with Crippen molar-refractivity contribution >= 4 is 5.91 Å². The molecule has 0 saturated heterocycles. The van der Waals surface area contributed by atoms with Gasteiger partial charge in [-0.3, -0.25) is 4.79 Å². The molecule has 0 rings (SSSR count). The van der Waals surface area contributed by atoms with E-state index in [1.807, 2.05) is 0 Å². The predicted molar refractivity (Wildman–Crippen MR) is 37.3 cm³/mol. The van der Waals surface area contributed by atoms with Gasteiger partial charge < -0.3 is 10.1 Å². The third-order valence-electron chi connectivity index (χ3n) is 0.899. The number of methoxy groups -OCH3 is 1. The molecule has 0 bridgehead atoms. The Morgan fingerprint density at radius 3 is 2.89 bits per heavy atom. The fourth-order valence-corrected chi connectivity index (χ4v) is 0.481. The van der Waals surface area contributed by atoms with Gasteiger partial charge in [0.05, 0.1) is 0 Å². The molecule has 0 atom stereocenters. The highest BCUT2D eigenvalue weighted by Crippen LogP contribution is 1.75. The second-order valence-electron chi connectivity index (χ2n) is 1.83. The second kappa shape index (κ2) is 5.56. The first-order chi connectivity index (χ1) is 4.27. The summed E-state index contributed by atoms with van der Waals surface area (Å²) < 4.78 is 4.77. The lowest BCUT2D eigenvalue weighted by Crippen LogP contribution is -2.21. The smallest absolute Gasteiger partial charge is 0.216 e. The van der Waals surface area contributed by atoms with Crippen LogP contribution in [0, 0.1) is 0 Å². The van der Waals surface area contributed by atoms with Crippen molar-refractivity contribution in [2.24, 2.45) is 0 Å². The molecule has 1 amide bonds. The summed E-state index contributed by atoms with van der Waals surface area (Å²) in [6, 6.07) is 0. The van der Waals surface area contributed by atoms with Crippen molar-refractivity contribution in [3.8, 4) is 0 Å². The summed E-state index contributed by atoms with van der Waals surface area (Å²) in [5, 5.41) is 2.66. The Morgan fingerprint density at radius 2 is 2.44 bits per heavy atom. The van der Waals surface area contributed by atoms with Gasteiger partial charge in [-0.2, -0.15) is 0 Å². The van der Waals surface area contributed by atoms with Crippen molar-refractivity contribution in [3.63, 3.8) is 0 Å². The largest absolute Gasteiger partial charge is 0.385 e. The van der Waals surface area contributed by atoms with Crippen molar-refractivity contribution in [1.29, 1.82) is 0 Å². The number of ether oxygens (including phenoxy) is 1. The van der Waals surface area contributed by atoms with Gasteiger partial charge in [0, 0.05) is 28.6 Å². The average Bonchev–Trinajstić information content (AvgIpc) is 1.80. The van der Waals surface area contributed by atoms with Crippen molar-refractivity contribution in [1.82, 2.24) is 5.32 Å². The zero-order valence-corrected chi connectivity index (χ0v) is 5.94. The molecule has 0 aliphatic carbocycles. The van der Waals surface area contributed by atoms with Crippen LogP contribution in [0.1, 0.15) is 14.8 Å². The topological polar surface area (TPSA) is 38.3 Å². The molecule has 1 N–H and O–H groups in total. The van der Waals surface area contributed by atoms with Crippen LogP contribution in [0.25, 0.3) is 0 Å². The third kappa shape index (κ3) is 7.43. The van der Waals surface area contributed by atoms with Crippen LogP contribution in [0.5, 0.6) is 0 Å². The minimum atomic E-state index is 0. The van der Waals surface area contributed by atoms with Gasteiger partial charge in [-0.15, -0.1) is 0 Å². The Labute approximate surface area is 56.9 Å². The fourth-order valence-electron chi connectivity index (χ4n) is 0.481. The maximum Gasteiger partial charge on any atom is 0.216 e. The third-order valence-corrected chi connectivity index (χ3v) is 0.899. The predicted octanol–water partition coefficient (Wildman–Crippen LogP) is 0.405. The van der Waals surface area contributed by atoms with Gasteiger partial charge in [-0.25, -0.2) is 0 Å². The Bertz CT molecular complexity index is 87.8. The SMILES string of the molecule is COCCCNC(C)=O.[HH]. The van der Waals surface area contributed by atoms with Crippen LogP contribution in [-0.4, -0.2) is 26.2 Å². The highest BCUT2D eigenvalue weighted by Gasteiger charge is 1.87. The Hall–Kier alpha value is -0.570. The molecule has 0 aliphatic rings. The number of nitrogens with one attached hydrogen (secondary N) is 1. The van der Waals surface area contributed by atoms with Gasteiger partial charge in [-0.05, 0) is 6.42 Å². The molecule has 0 heterocycles. The van der Waals surface area contributed by atoms with Gasteiger partial charge >= 0.3 is 0 Å². The summed E-state index contributed by atoms with van der Waals surface area (Å²) in [4.78, 5) is 10.3. The number of carbonyl (C=O) groups excluding carboxylic acids is 1. The number of carbonyl (C=O) groups is 1. The number of rotatable bonds is 4. The van der Waals surface area contributed by atoms with Gasteiger partial charge in [0.25, 0.3) is 0 Å². The Balaban J connectivity index is 0. The lowest BCUT2D eigenvalue weighted by atomic mass is 10.4. The minimum absolute atomic E-state index is 0. The number of amides is 1. The molecule has 0 aromatic heterocycles. The van der Waals surface area contributed by atoms with E-state index in [1.54, 1.807) is 7.11 Å². The van der Waals surface area contributed by atoms with Crippen LogP contribution >= 0.6 is 0 Å². The molecule has 0 aromatic carbocycles. The van der Waals surface area contributed by atoms with Crippen LogP contribution < -0.4 is 5.32 Å². The first-order valence-electron chi connectivity index (χ1n) is 3.00. The van der Waals surface area contributed by atoms with Crippen LogP contribution in [0.15, 0.2) is 0 Å². The summed E-state index contributed by atoms with van der Waals surface area (Å²) in [7, 11) is 1.65. The zero-order valence-electron chi connectivity index (χ0n) is 5.94. The molecule has 0 fully saturated rings. The van der Waals surface area contributed by atoms with E-state index in [1.165, 1.54) is 6.92 Å². The van der Waals surface area contributed by atoms with E-state index in [9.17, 15) is 4.79 Å².